The minimum absolute atomic E-state index is 0.169. The summed E-state index contributed by atoms with van der Waals surface area (Å²) in [7, 11) is 0. The van der Waals surface area contributed by atoms with Crippen molar-refractivity contribution in [3.8, 4) is 5.75 Å². The van der Waals surface area contributed by atoms with Gasteiger partial charge in [-0.3, -0.25) is 4.89 Å². The standard InChI is InChI=1S/C7H7NO4/c8-4-1-2-6(9)5(3-4)7(10)12-11/h1-3,9,11H,8H2. The molecule has 1 rings (SSSR count). The lowest BCUT2D eigenvalue weighted by molar-refractivity contribution is -0.182. The van der Waals surface area contributed by atoms with Gasteiger partial charge in [0, 0.05) is 5.69 Å². The normalized spacial score (nSPS) is 9.42. The number of aromatic hydroxyl groups is 1. The van der Waals surface area contributed by atoms with E-state index in [1.54, 1.807) is 0 Å². The lowest BCUT2D eigenvalue weighted by Crippen LogP contribution is -2.02. The number of nitrogen functional groups attached to an aromatic ring is 1. The molecule has 0 atom stereocenters. The van der Waals surface area contributed by atoms with E-state index in [2.05, 4.69) is 4.89 Å². The second-order valence-corrected chi connectivity index (χ2v) is 2.16. The zero-order valence-corrected chi connectivity index (χ0v) is 6.02. The van der Waals surface area contributed by atoms with Gasteiger partial charge < -0.3 is 10.8 Å². The molecule has 0 aliphatic rings. The Balaban J connectivity index is 3.13. The fourth-order valence-corrected chi connectivity index (χ4v) is 0.766. The van der Waals surface area contributed by atoms with Crippen LogP contribution in [0.15, 0.2) is 18.2 Å². The van der Waals surface area contributed by atoms with Crippen LogP contribution in [-0.4, -0.2) is 16.3 Å². The smallest absolute Gasteiger partial charge is 0.376 e. The summed E-state index contributed by atoms with van der Waals surface area (Å²) in [5.74, 6) is -1.33. The maximum Gasteiger partial charge on any atom is 0.376 e. The largest absolute Gasteiger partial charge is 0.507 e. The highest BCUT2D eigenvalue weighted by atomic mass is 17.1. The first-order chi connectivity index (χ1) is 5.65. The molecule has 0 radical (unpaired) electrons. The molecule has 0 saturated carbocycles. The molecule has 12 heavy (non-hydrogen) atoms. The maximum atomic E-state index is 10.7. The van der Waals surface area contributed by atoms with Crippen LogP contribution in [0.3, 0.4) is 0 Å². The minimum Gasteiger partial charge on any atom is -0.507 e. The topological polar surface area (TPSA) is 92.8 Å². The Labute approximate surface area is 67.9 Å². The van der Waals surface area contributed by atoms with Crippen molar-refractivity contribution in [2.75, 3.05) is 5.73 Å². The molecule has 5 heteroatoms. The number of phenols is 1. The minimum atomic E-state index is -1.04. The summed E-state index contributed by atoms with van der Waals surface area (Å²) in [5, 5.41) is 17.1. The van der Waals surface area contributed by atoms with E-state index in [1.807, 2.05) is 0 Å². The van der Waals surface area contributed by atoms with Crippen LogP contribution in [0.2, 0.25) is 0 Å². The fraction of sp³-hybridized carbons (Fsp3) is 0. The lowest BCUT2D eigenvalue weighted by Gasteiger charge is -2.00. The zero-order chi connectivity index (χ0) is 9.14. The van der Waals surface area contributed by atoms with Crippen LogP contribution in [0.1, 0.15) is 10.4 Å². The second-order valence-electron chi connectivity index (χ2n) is 2.16. The number of anilines is 1. The zero-order valence-electron chi connectivity index (χ0n) is 6.02. The van der Waals surface area contributed by atoms with Crippen molar-refractivity contribution in [1.82, 2.24) is 0 Å². The summed E-state index contributed by atoms with van der Waals surface area (Å²) in [5.41, 5.74) is 5.45. The third-order valence-electron chi connectivity index (χ3n) is 1.32. The quantitative estimate of drug-likeness (QED) is 0.248. The average Bonchev–Trinajstić information content (AvgIpc) is 2.08. The molecular formula is C7H7NO4. The molecule has 0 saturated heterocycles. The number of nitrogens with two attached hydrogens (primary N) is 1. The summed E-state index contributed by atoms with van der Waals surface area (Å²) in [4.78, 5) is 14.1. The second kappa shape index (κ2) is 3.10. The summed E-state index contributed by atoms with van der Waals surface area (Å²) in [6.45, 7) is 0. The molecule has 0 fully saturated rings. The highest BCUT2D eigenvalue weighted by molar-refractivity contribution is 5.92. The number of rotatable bonds is 1. The van der Waals surface area contributed by atoms with Crippen LogP contribution >= 0.6 is 0 Å². The van der Waals surface area contributed by atoms with Gasteiger partial charge in [-0.15, -0.1) is 0 Å². The van der Waals surface area contributed by atoms with E-state index in [9.17, 15) is 4.79 Å². The summed E-state index contributed by atoms with van der Waals surface area (Å²) >= 11 is 0. The maximum absolute atomic E-state index is 10.7. The third-order valence-corrected chi connectivity index (χ3v) is 1.32. The first-order valence-electron chi connectivity index (χ1n) is 3.09. The molecule has 0 heterocycles. The van der Waals surface area contributed by atoms with Crippen LogP contribution in [0.25, 0.3) is 0 Å². The van der Waals surface area contributed by atoms with E-state index in [4.69, 9.17) is 16.1 Å². The number of benzene rings is 1. The van der Waals surface area contributed by atoms with Crippen LogP contribution in [0.5, 0.6) is 5.75 Å². The highest BCUT2D eigenvalue weighted by Gasteiger charge is 2.12. The molecular weight excluding hydrogens is 162 g/mol. The van der Waals surface area contributed by atoms with Crippen molar-refractivity contribution in [3.63, 3.8) is 0 Å². The number of phenolic OH excluding ortho intramolecular Hbond substituents is 1. The number of carbonyl (C=O) groups excluding carboxylic acids is 1. The number of carbonyl (C=O) groups is 1. The summed E-state index contributed by atoms with van der Waals surface area (Å²) in [6.07, 6.45) is 0. The predicted molar refractivity (Wildman–Crippen MR) is 40.6 cm³/mol. The molecule has 64 valence electrons. The van der Waals surface area contributed by atoms with Crippen molar-refractivity contribution in [3.05, 3.63) is 23.8 Å². The van der Waals surface area contributed by atoms with Gasteiger partial charge in [-0.05, 0) is 18.2 Å². The molecule has 0 aliphatic carbocycles. The van der Waals surface area contributed by atoms with Crippen molar-refractivity contribution in [1.29, 1.82) is 0 Å². The predicted octanol–water partition coefficient (Wildman–Crippen LogP) is 0.604. The van der Waals surface area contributed by atoms with E-state index < -0.39 is 5.97 Å². The Hall–Kier alpha value is -1.75. The molecule has 0 aliphatic heterocycles. The molecule has 0 amide bonds. The Kier molecular flexibility index (Phi) is 2.16. The van der Waals surface area contributed by atoms with E-state index in [1.165, 1.54) is 18.2 Å². The van der Waals surface area contributed by atoms with E-state index in [0.29, 0.717) is 5.69 Å². The van der Waals surface area contributed by atoms with Gasteiger partial charge in [-0.25, -0.2) is 4.79 Å². The van der Waals surface area contributed by atoms with E-state index >= 15 is 0 Å². The molecule has 1 aromatic carbocycles. The molecule has 4 N–H and O–H groups in total. The van der Waals surface area contributed by atoms with Gasteiger partial charge >= 0.3 is 5.97 Å². The van der Waals surface area contributed by atoms with Crippen molar-refractivity contribution in [2.24, 2.45) is 0 Å². The van der Waals surface area contributed by atoms with Crippen LogP contribution in [0.4, 0.5) is 5.69 Å². The molecule has 0 unspecified atom stereocenters. The molecule has 0 bridgehead atoms. The van der Waals surface area contributed by atoms with Crippen molar-refractivity contribution >= 4 is 11.7 Å². The summed E-state index contributed by atoms with van der Waals surface area (Å²) in [6, 6.07) is 3.86. The molecule has 5 nitrogen and oxygen atoms in total. The Morgan fingerprint density at radius 3 is 2.75 bits per heavy atom. The Bertz CT molecular complexity index is 310. The molecule has 1 aromatic rings. The molecule has 0 aromatic heterocycles. The Morgan fingerprint density at radius 1 is 1.50 bits per heavy atom. The average molecular weight is 169 g/mol. The monoisotopic (exact) mass is 169 g/mol. The van der Waals surface area contributed by atoms with Gasteiger partial charge in [0.25, 0.3) is 0 Å². The van der Waals surface area contributed by atoms with Crippen LogP contribution in [-0.2, 0) is 4.89 Å². The van der Waals surface area contributed by atoms with Gasteiger partial charge in [-0.2, -0.15) is 5.26 Å². The fourth-order valence-electron chi connectivity index (χ4n) is 0.766. The third kappa shape index (κ3) is 1.46. The van der Waals surface area contributed by atoms with E-state index in [0.717, 1.165) is 0 Å². The van der Waals surface area contributed by atoms with Gasteiger partial charge in [-0.1, -0.05) is 0 Å². The highest BCUT2D eigenvalue weighted by Crippen LogP contribution is 2.19. The van der Waals surface area contributed by atoms with Crippen LogP contribution < -0.4 is 5.73 Å². The number of hydrogen-bond acceptors (Lipinski definition) is 5. The summed E-state index contributed by atoms with van der Waals surface area (Å²) < 4.78 is 0. The van der Waals surface area contributed by atoms with Gasteiger partial charge in [0.05, 0.1) is 0 Å². The molecule has 0 spiro atoms. The first-order valence-corrected chi connectivity index (χ1v) is 3.09. The Morgan fingerprint density at radius 2 is 2.17 bits per heavy atom. The number of hydrogen-bond donors (Lipinski definition) is 3. The SMILES string of the molecule is Nc1ccc(O)c(C(=O)OO)c1. The van der Waals surface area contributed by atoms with Gasteiger partial charge in [0.2, 0.25) is 0 Å². The van der Waals surface area contributed by atoms with E-state index in [-0.39, 0.29) is 11.3 Å². The van der Waals surface area contributed by atoms with Crippen molar-refractivity contribution < 1.29 is 20.0 Å². The first kappa shape index (κ1) is 8.35. The van der Waals surface area contributed by atoms with Gasteiger partial charge in [0.15, 0.2) is 0 Å². The van der Waals surface area contributed by atoms with Crippen LogP contribution in [0, 0.1) is 0 Å². The van der Waals surface area contributed by atoms with Gasteiger partial charge in [0.1, 0.15) is 11.3 Å². The lowest BCUT2D eigenvalue weighted by atomic mass is 10.2. The van der Waals surface area contributed by atoms with Crippen molar-refractivity contribution in [2.45, 2.75) is 0 Å².